The first kappa shape index (κ1) is 20.0. The van der Waals surface area contributed by atoms with E-state index in [0.29, 0.717) is 43.1 Å². The lowest BCUT2D eigenvalue weighted by Crippen LogP contribution is -2.40. The van der Waals surface area contributed by atoms with Crippen molar-refractivity contribution in [1.29, 1.82) is 0 Å². The van der Waals surface area contributed by atoms with Gasteiger partial charge in [0.2, 0.25) is 10.0 Å². The van der Waals surface area contributed by atoms with Crippen molar-refractivity contribution in [1.82, 2.24) is 9.73 Å². The second-order valence-electron chi connectivity index (χ2n) is 6.23. The van der Waals surface area contributed by atoms with E-state index in [-0.39, 0.29) is 10.6 Å². The number of nitrogens with zero attached hydrogens (tertiary/aromatic N) is 2. The second-order valence-corrected chi connectivity index (χ2v) is 8.16. The van der Waals surface area contributed by atoms with Crippen molar-refractivity contribution >= 4 is 21.6 Å². The highest BCUT2D eigenvalue weighted by Crippen LogP contribution is 2.18. The molecule has 0 bridgehead atoms. The Labute approximate surface area is 163 Å². The molecular formula is C19H21N3O5S. The number of nitrogens with one attached hydrogen (secondary N) is 1. The Hall–Kier alpha value is -2.75. The number of hydrogen-bond donors (Lipinski definition) is 2. The van der Waals surface area contributed by atoms with E-state index < -0.39 is 15.9 Å². The van der Waals surface area contributed by atoms with Crippen LogP contribution < -0.4 is 5.43 Å². The highest BCUT2D eigenvalue weighted by atomic mass is 32.2. The van der Waals surface area contributed by atoms with Crippen molar-refractivity contribution in [2.24, 2.45) is 5.10 Å². The summed E-state index contributed by atoms with van der Waals surface area (Å²) >= 11 is 0. The molecule has 2 N–H and O–H groups in total. The summed E-state index contributed by atoms with van der Waals surface area (Å²) < 4.78 is 31.9. The highest BCUT2D eigenvalue weighted by molar-refractivity contribution is 7.89. The van der Waals surface area contributed by atoms with Crippen LogP contribution in [0.3, 0.4) is 0 Å². The summed E-state index contributed by atoms with van der Waals surface area (Å²) in [5.74, 6) is -0.339. The normalized spacial score (nSPS) is 16.0. The number of phenols is 1. The number of ether oxygens (including phenoxy) is 1. The first-order chi connectivity index (χ1) is 13.4. The van der Waals surface area contributed by atoms with Gasteiger partial charge in [0.15, 0.2) is 0 Å². The van der Waals surface area contributed by atoms with Crippen LogP contribution in [0.25, 0.3) is 0 Å². The van der Waals surface area contributed by atoms with Crippen molar-refractivity contribution < 1.29 is 23.1 Å². The molecule has 2 aromatic carbocycles. The van der Waals surface area contributed by atoms with Crippen molar-refractivity contribution in [3.05, 3.63) is 59.7 Å². The number of benzene rings is 2. The van der Waals surface area contributed by atoms with Crippen LogP contribution in [0.15, 0.2) is 58.5 Å². The average Bonchev–Trinajstić information content (AvgIpc) is 2.73. The molecule has 0 radical (unpaired) electrons. The first-order valence-electron chi connectivity index (χ1n) is 8.70. The quantitative estimate of drug-likeness (QED) is 0.582. The number of hydrazone groups is 1. The van der Waals surface area contributed by atoms with Crippen LogP contribution in [0.4, 0.5) is 0 Å². The van der Waals surface area contributed by atoms with Crippen LogP contribution in [0.1, 0.15) is 22.8 Å². The van der Waals surface area contributed by atoms with E-state index >= 15 is 0 Å². The molecule has 9 heteroatoms. The molecule has 0 spiro atoms. The van der Waals surface area contributed by atoms with Gasteiger partial charge < -0.3 is 9.84 Å². The molecule has 2 aromatic rings. The van der Waals surface area contributed by atoms with Gasteiger partial charge in [-0.05, 0) is 48.9 Å². The topological polar surface area (TPSA) is 108 Å². The smallest absolute Gasteiger partial charge is 0.271 e. The first-order valence-corrected chi connectivity index (χ1v) is 10.1. The van der Waals surface area contributed by atoms with E-state index in [9.17, 15) is 18.3 Å². The molecule has 1 heterocycles. The minimum atomic E-state index is -3.55. The van der Waals surface area contributed by atoms with Gasteiger partial charge >= 0.3 is 0 Å². The maximum atomic E-state index is 12.6. The monoisotopic (exact) mass is 403 g/mol. The van der Waals surface area contributed by atoms with Gasteiger partial charge in [-0.3, -0.25) is 4.79 Å². The average molecular weight is 403 g/mol. The molecule has 8 nitrogen and oxygen atoms in total. The molecule has 0 atom stereocenters. The Morgan fingerprint density at radius 2 is 1.61 bits per heavy atom. The van der Waals surface area contributed by atoms with Gasteiger partial charge in [0.1, 0.15) is 5.75 Å². The number of amides is 1. The summed E-state index contributed by atoms with van der Waals surface area (Å²) in [5.41, 5.74) is 4.02. The summed E-state index contributed by atoms with van der Waals surface area (Å²) in [7, 11) is -3.55. The zero-order chi connectivity index (χ0) is 20.1. The summed E-state index contributed by atoms with van der Waals surface area (Å²) in [4.78, 5) is 12.3. The highest BCUT2D eigenvalue weighted by Gasteiger charge is 2.26. The van der Waals surface area contributed by atoms with Gasteiger partial charge in [0.25, 0.3) is 5.91 Å². The lowest BCUT2D eigenvalue weighted by atomic mass is 10.1. The third-order valence-electron chi connectivity index (χ3n) is 4.33. The van der Waals surface area contributed by atoms with E-state index in [2.05, 4.69) is 10.5 Å². The summed E-state index contributed by atoms with van der Waals surface area (Å²) in [6, 6.07) is 12.2. The van der Waals surface area contributed by atoms with Crippen molar-refractivity contribution in [2.45, 2.75) is 11.8 Å². The second kappa shape index (κ2) is 8.51. The number of phenolic OH excluding ortho intramolecular Hbond substituents is 1. The predicted molar refractivity (Wildman–Crippen MR) is 104 cm³/mol. The minimum Gasteiger partial charge on any atom is -0.508 e. The number of morpholine rings is 1. The summed E-state index contributed by atoms with van der Waals surface area (Å²) in [5, 5.41) is 13.3. The standard InChI is InChI=1S/C19H21N3O5S/c1-14(20-21-19(24)16-2-6-17(23)7-3-16)15-4-8-18(9-5-15)28(25,26)22-10-12-27-13-11-22/h2-9,23H,10-13H2,1H3,(H,21,24)/b20-14+. The van der Waals surface area contributed by atoms with E-state index in [1.165, 1.54) is 40.7 Å². The molecule has 1 aliphatic heterocycles. The van der Waals surface area contributed by atoms with Gasteiger partial charge in [-0.25, -0.2) is 13.8 Å². The molecule has 0 aliphatic carbocycles. The zero-order valence-electron chi connectivity index (χ0n) is 15.3. The molecular weight excluding hydrogens is 382 g/mol. The Morgan fingerprint density at radius 3 is 2.21 bits per heavy atom. The Kier molecular flexibility index (Phi) is 6.08. The largest absolute Gasteiger partial charge is 0.508 e. The van der Waals surface area contributed by atoms with Crippen LogP contribution >= 0.6 is 0 Å². The van der Waals surface area contributed by atoms with Gasteiger partial charge in [0.05, 0.1) is 23.8 Å². The number of aromatic hydroxyl groups is 1. The Balaban J connectivity index is 1.69. The maximum Gasteiger partial charge on any atom is 0.271 e. The summed E-state index contributed by atoms with van der Waals surface area (Å²) in [6.07, 6.45) is 0. The SMILES string of the molecule is C/C(=N\NC(=O)c1ccc(O)cc1)c1ccc(S(=O)(=O)N2CCOCC2)cc1. The van der Waals surface area contributed by atoms with Gasteiger partial charge in [-0.2, -0.15) is 9.41 Å². The van der Waals surface area contributed by atoms with Crippen LogP contribution in [-0.4, -0.2) is 55.8 Å². The predicted octanol–water partition coefficient (Wildman–Crippen LogP) is 1.57. The minimum absolute atomic E-state index is 0.0725. The fraction of sp³-hybridized carbons (Fsp3) is 0.263. The number of hydrogen-bond acceptors (Lipinski definition) is 6. The van der Waals surface area contributed by atoms with Crippen molar-refractivity contribution in [3.8, 4) is 5.75 Å². The number of carbonyl (C=O) groups excluding carboxylic acids is 1. The van der Waals surface area contributed by atoms with Gasteiger partial charge in [-0.15, -0.1) is 0 Å². The number of carbonyl (C=O) groups is 1. The van der Waals surface area contributed by atoms with Crippen molar-refractivity contribution in [3.63, 3.8) is 0 Å². The molecule has 148 valence electrons. The van der Waals surface area contributed by atoms with Gasteiger partial charge in [-0.1, -0.05) is 12.1 Å². The number of rotatable bonds is 5. The third kappa shape index (κ3) is 4.56. The Morgan fingerprint density at radius 1 is 1.04 bits per heavy atom. The van der Waals surface area contributed by atoms with Crippen LogP contribution in [-0.2, 0) is 14.8 Å². The van der Waals surface area contributed by atoms with E-state index in [4.69, 9.17) is 4.74 Å². The molecule has 0 aromatic heterocycles. The van der Waals surface area contributed by atoms with E-state index in [0.717, 1.165) is 0 Å². The maximum absolute atomic E-state index is 12.6. The molecule has 28 heavy (non-hydrogen) atoms. The molecule has 1 fully saturated rings. The Bertz CT molecular complexity index is 964. The van der Waals surface area contributed by atoms with Crippen LogP contribution in [0.2, 0.25) is 0 Å². The summed E-state index contributed by atoms with van der Waals surface area (Å²) in [6.45, 7) is 3.18. The number of sulfonamides is 1. The fourth-order valence-corrected chi connectivity index (χ4v) is 4.09. The van der Waals surface area contributed by atoms with Crippen LogP contribution in [0, 0.1) is 0 Å². The fourth-order valence-electron chi connectivity index (χ4n) is 2.68. The lowest BCUT2D eigenvalue weighted by Gasteiger charge is -2.26. The third-order valence-corrected chi connectivity index (χ3v) is 6.25. The van der Waals surface area contributed by atoms with Crippen LogP contribution in [0.5, 0.6) is 5.75 Å². The zero-order valence-corrected chi connectivity index (χ0v) is 16.1. The van der Waals surface area contributed by atoms with Crippen molar-refractivity contribution in [2.75, 3.05) is 26.3 Å². The molecule has 0 unspecified atom stereocenters. The molecule has 1 aliphatic rings. The molecule has 0 saturated carbocycles. The van der Waals surface area contributed by atoms with Gasteiger partial charge in [0, 0.05) is 18.7 Å². The molecule has 1 saturated heterocycles. The van der Waals surface area contributed by atoms with E-state index in [1.54, 1.807) is 19.1 Å². The molecule has 3 rings (SSSR count). The lowest BCUT2D eigenvalue weighted by molar-refractivity contribution is 0.0730. The van der Waals surface area contributed by atoms with E-state index in [1.807, 2.05) is 0 Å². The molecule has 1 amide bonds.